The van der Waals surface area contributed by atoms with Crippen LogP contribution in [0.1, 0.15) is 38.2 Å². The summed E-state index contributed by atoms with van der Waals surface area (Å²) in [5.74, 6) is 1.25. The Hall–Kier alpha value is -1.09. The molecule has 1 saturated carbocycles. The third kappa shape index (κ3) is 2.44. The van der Waals surface area contributed by atoms with Gasteiger partial charge in [0.05, 0.1) is 0 Å². The van der Waals surface area contributed by atoms with Crippen molar-refractivity contribution in [3.8, 4) is 0 Å². The molecule has 1 aliphatic carbocycles. The van der Waals surface area contributed by atoms with Crippen LogP contribution in [0.4, 0.5) is 10.1 Å². The van der Waals surface area contributed by atoms with Crippen LogP contribution in [0, 0.1) is 17.7 Å². The molecule has 3 unspecified atom stereocenters. The Morgan fingerprint density at radius 3 is 2.95 bits per heavy atom. The van der Waals surface area contributed by atoms with Crippen molar-refractivity contribution in [3.63, 3.8) is 0 Å². The molecule has 3 rings (SSSR count). The molecule has 0 radical (unpaired) electrons. The standard InChI is InChI=1S/C17H25FN2/c1-2-12-3-4-14(11-19)16(9-12)20-8-7-13-5-6-15(18)10-17(13)20/h5-6,10,12,14,16H,2-4,7-9,11,19H2,1H3. The van der Waals surface area contributed by atoms with Crippen LogP contribution in [-0.4, -0.2) is 19.1 Å². The highest BCUT2D eigenvalue weighted by molar-refractivity contribution is 5.59. The fourth-order valence-electron chi connectivity index (χ4n) is 4.04. The predicted molar refractivity (Wildman–Crippen MR) is 81.4 cm³/mol. The fourth-order valence-corrected chi connectivity index (χ4v) is 4.04. The molecule has 1 aromatic rings. The minimum atomic E-state index is -0.122. The van der Waals surface area contributed by atoms with E-state index < -0.39 is 0 Å². The minimum Gasteiger partial charge on any atom is -0.368 e. The van der Waals surface area contributed by atoms with Gasteiger partial charge in [0, 0.05) is 18.3 Å². The monoisotopic (exact) mass is 276 g/mol. The highest BCUT2D eigenvalue weighted by Gasteiger charge is 2.35. The number of nitrogens with two attached hydrogens (primary N) is 1. The first-order chi connectivity index (χ1) is 9.72. The number of hydrogen-bond donors (Lipinski definition) is 1. The van der Waals surface area contributed by atoms with Crippen molar-refractivity contribution < 1.29 is 4.39 Å². The molecule has 20 heavy (non-hydrogen) atoms. The lowest BCUT2D eigenvalue weighted by molar-refractivity contribution is 0.229. The van der Waals surface area contributed by atoms with E-state index in [9.17, 15) is 4.39 Å². The van der Waals surface area contributed by atoms with Gasteiger partial charge in [-0.25, -0.2) is 4.39 Å². The van der Waals surface area contributed by atoms with Crippen molar-refractivity contribution >= 4 is 5.69 Å². The van der Waals surface area contributed by atoms with Crippen molar-refractivity contribution in [2.75, 3.05) is 18.0 Å². The van der Waals surface area contributed by atoms with Gasteiger partial charge in [-0.15, -0.1) is 0 Å². The lowest BCUT2D eigenvalue weighted by atomic mass is 9.76. The second kappa shape index (κ2) is 5.72. The summed E-state index contributed by atoms with van der Waals surface area (Å²) in [7, 11) is 0. The van der Waals surface area contributed by atoms with Gasteiger partial charge in [-0.05, 0) is 61.8 Å². The zero-order chi connectivity index (χ0) is 14.1. The minimum absolute atomic E-state index is 0.122. The zero-order valence-electron chi connectivity index (χ0n) is 12.3. The van der Waals surface area contributed by atoms with E-state index in [1.165, 1.54) is 31.2 Å². The summed E-state index contributed by atoms with van der Waals surface area (Å²) in [4.78, 5) is 2.44. The van der Waals surface area contributed by atoms with Gasteiger partial charge in [-0.3, -0.25) is 0 Å². The quantitative estimate of drug-likeness (QED) is 0.917. The zero-order valence-corrected chi connectivity index (χ0v) is 12.3. The lowest BCUT2D eigenvalue weighted by Crippen LogP contribution is -2.46. The third-order valence-corrected chi connectivity index (χ3v) is 5.32. The number of nitrogens with zero attached hydrogens (tertiary/aromatic N) is 1. The average Bonchev–Trinajstić information content (AvgIpc) is 2.89. The van der Waals surface area contributed by atoms with E-state index in [0.29, 0.717) is 12.0 Å². The van der Waals surface area contributed by atoms with E-state index in [1.54, 1.807) is 12.1 Å². The maximum absolute atomic E-state index is 13.6. The van der Waals surface area contributed by atoms with Crippen molar-refractivity contribution in [2.45, 2.75) is 45.1 Å². The number of rotatable bonds is 3. The first kappa shape index (κ1) is 13.9. The smallest absolute Gasteiger partial charge is 0.125 e. The van der Waals surface area contributed by atoms with Gasteiger partial charge in [0.15, 0.2) is 0 Å². The second-order valence-corrected chi connectivity index (χ2v) is 6.37. The molecule has 1 aliphatic heterocycles. The normalized spacial score (nSPS) is 29.6. The van der Waals surface area contributed by atoms with Crippen LogP contribution < -0.4 is 10.6 Å². The summed E-state index contributed by atoms with van der Waals surface area (Å²) < 4.78 is 13.6. The van der Waals surface area contributed by atoms with Crippen molar-refractivity contribution in [2.24, 2.45) is 17.6 Å². The van der Waals surface area contributed by atoms with Gasteiger partial charge in [-0.1, -0.05) is 19.4 Å². The van der Waals surface area contributed by atoms with Crippen LogP contribution in [0.2, 0.25) is 0 Å². The molecule has 110 valence electrons. The van der Waals surface area contributed by atoms with Crippen molar-refractivity contribution in [1.29, 1.82) is 0 Å². The van der Waals surface area contributed by atoms with Crippen LogP contribution in [0.15, 0.2) is 18.2 Å². The van der Waals surface area contributed by atoms with Gasteiger partial charge in [0.2, 0.25) is 0 Å². The van der Waals surface area contributed by atoms with Crippen molar-refractivity contribution in [3.05, 3.63) is 29.6 Å². The molecule has 0 saturated heterocycles. The molecular weight excluding hydrogens is 251 g/mol. The number of fused-ring (bicyclic) bond motifs is 1. The molecule has 1 fully saturated rings. The average molecular weight is 276 g/mol. The summed E-state index contributed by atoms with van der Waals surface area (Å²) in [5, 5.41) is 0. The van der Waals surface area contributed by atoms with E-state index in [4.69, 9.17) is 5.73 Å². The first-order valence-corrected chi connectivity index (χ1v) is 7.98. The Bertz CT molecular complexity index is 474. The van der Waals surface area contributed by atoms with Crippen LogP contribution in [0.3, 0.4) is 0 Å². The SMILES string of the molecule is CCC1CCC(CN)C(N2CCc3ccc(F)cc32)C1. The highest BCUT2D eigenvalue weighted by Crippen LogP contribution is 2.39. The fraction of sp³-hybridized carbons (Fsp3) is 0.647. The van der Waals surface area contributed by atoms with Crippen LogP contribution >= 0.6 is 0 Å². The molecule has 0 bridgehead atoms. The first-order valence-electron chi connectivity index (χ1n) is 7.98. The molecule has 3 atom stereocenters. The maximum Gasteiger partial charge on any atom is 0.125 e. The summed E-state index contributed by atoms with van der Waals surface area (Å²) in [6.07, 6.45) is 6.03. The Morgan fingerprint density at radius 1 is 1.35 bits per heavy atom. The van der Waals surface area contributed by atoms with Gasteiger partial charge >= 0.3 is 0 Å². The largest absolute Gasteiger partial charge is 0.368 e. The molecule has 2 N–H and O–H groups in total. The Labute approximate surface area is 121 Å². The third-order valence-electron chi connectivity index (χ3n) is 5.32. The van der Waals surface area contributed by atoms with E-state index in [-0.39, 0.29) is 5.82 Å². The predicted octanol–water partition coefficient (Wildman–Crippen LogP) is 3.34. The highest BCUT2D eigenvalue weighted by atomic mass is 19.1. The molecule has 3 heteroatoms. The molecule has 0 spiro atoms. The van der Waals surface area contributed by atoms with E-state index in [1.807, 2.05) is 6.07 Å². The number of hydrogen-bond acceptors (Lipinski definition) is 2. The topological polar surface area (TPSA) is 29.3 Å². The Morgan fingerprint density at radius 2 is 2.20 bits per heavy atom. The van der Waals surface area contributed by atoms with Gasteiger partial charge in [0.25, 0.3) is 0 Å². The molecule has 2 aliphatic rings. The molecule has 0 amide bonds. The second-order valence-electron chi connectivity index (χ2n) is 6.37. The number of halogens is 1. The van der Waals surface area contributed by atoms with E-state index in [0.717, 1.165) is 31.1 Å². The molecule has 2 nitrogen and oxygen atoms in total. The number of benzene rings is 1. The van der Waals surface area contributed by atoms with Crippen LogP contribution in [-0.2, 0) is 6.42 Å². The Balaban J connectivity index is 1.86. The Kier molecular flexibility index (Phi) is 3.97. The lowest BCUT2D eigenvalue weighted by Gasteiger charge is -2.42. The van der Waals surface area contributed by atoms with Gasteiger partial charge in [0.1, 0.15) is 5.82 Å². The molecule has 1 aromatic carbocycles. The van der Waals surface area contributed by atoms with E-state index >= 15 is 0 Å². The molecule has 0 aromatic heterocycles. The van der Waals surface area contributed by atoms with Crippen LogP contribution in [0.25, 0.3) is 0 Å². The van der Waals surface area contributed by atoms with Gasteiger partial charge < -0.3 is 10.6 Å². The number of anilines is 1. The molecule has 1 heterocycles. The van der Waals surface area contributed by atoms with Crippen molar-refractivity contribution in [1.82, 2.24) is 0 Å². The molecular formula is C17H25FN2. The summed E-state index contributed by atoms with van der Waals surface area (Å²) in [6.45, 7) is 4.06. The summed E-state index contributed by atoms with van der Waals surface area (Å²) in [6, 6.07) is 5.74. The van der Waals surface area contributed by atoms with Gasteiger partial charge in [-0.2, -0.15) is 0 Å². The summed E-state index contributed by atoms with van der Waals surface area (Å²) in [5.41, 5.74) is 8.41. The summed E-state index contributed by atoms with van der Waals surface area (Å²) >= 11 is 0. The van der Waals surface area contributed by atoms with Crippen LogP contribution in [0.5, 0.6) is 0 Å². The van der Waals surface area contributed by atoms with E-state index in [2.05, 4.69) is 11.8 Å². The maximum atomic E-state index is 13.6.